The van der Waals surface area contributed by atoms with Gasteiger partial charge in [0.15, 0.2) is 5.69 Å². The molecular weight excluding hydrogens is 336 g/mol. The summed E-state index contributed by atoms with van der Waals surface area (Å²) in [5, 5.41) is 0. The van der Waals surface area contributed by atoms with Crippen LogP contribution in [0.4, 0.5) is 4.79 Å². The van der Waals surface area contributed by atoms with Crippen LogP contribution >= 0.6 is 0 Å². The van der Waals surface area contributed by atoms with Crippen molar-refractivity contribution in [2.24, 2.45) is 0 Å². The molecule has 8 nitrogen and oxygen atoms in total. The summed E-state index contributed by atoms with van der Waals surface area (Å²) in [5.74, 6) is -0.368. The van der Waals surface area contributed by atoms with Crippen LogP contribution in [0.3, 0.4) is 0 Å². The van der Waals surface area contributed by atoms with Gasteiger partial charge in [-0.3, -0.25) is 9.59 Å². The van der Waals surface area contributed by atoms with Crippen LogP contribution in [0.15, 0.2) is 29.1 Å². The highest BCUT2D eigenvalue weighted by atomic mass is 16.6. The van der Waals surface area contributed by atoms with E-state index in [0.717, 1.165) is 0 Å². The molecule has 1 unspecified atom stereocenters. The SMILES string of the molecule is CC1CN(C2CCN(C(=O)c3nc4ccccc4[nH]c3=O)CC2)C(=O)O1. The van der Waals surface area contributed by atoms with Crippen LogP contribution in [-0.4, -0.2) is 63.5 Å². The average Bonchev–Trinajstić information content (AvgIpc) is 2.99. The summed E-state index contributed by atoms with van der Waals surface area (Å²) in [6.07, 6.45) is 0.954. The van der Waals surface area contributed by atoms with E-state index < -0.39 is 5.56 Å². The van der Waals surface area contributed by atoms with Crippen molar-refractivity contribution in [3.63, 3.8) is 0 Å². The Bertz CT molecular complexity index is 917. The number of likely N-dealkylation sites (tertiary alicyclic amines) is 1. The van der Waals surface area contributed by atoms with Crippen molar-refractivity contribution in [2.75, 3.05) is 19.6 Å². The van der Waals surface area contributed by atoms with Gasteiger partial charge in [0.1, 0.15) is 6.10 Å². The Morgan fingerprint density at radius 1 is 1.23 bits per heavy atom. The number of para-hydroxylation sites is 2. The summed E-state index contributed by atoms with van der Waals surface area (Å²) in [7, 11) is 0. The van der Waals surface area contributed by atoms with Crippen molar-refractivity contribution < 1.29 is 14.3 Å². The van der Waals surface area contributed by atoms with Crippen molar-refractivity contribution in [2.45, 2.75) is 31.9 Å². The van der Waals surface area contributed by atoms with E-state index in [0.29, 0.717) is 43.5 Å². The van der Waals surface area contributed by atoms with Gasteiger partial charge in [0.25, 0.3) is 11.5 Å². The van der Waals surface area contributed by atoms with Crippen molar-refractivity contribution in [1.29, 1.82) is 0 Å². The van der Waals surface area contributed by atoms with Gasteiger partial charge in [0, 0.05) is 19.1 Å². The first-order valence-corrected chi connectivity index (χ1v) is 8.78. The van der Waals surface area contributed by atoms with E-state index in [1.54, 1.807) is 28.0 Å². The first kappa shape index (κ1) is 16.6. The van der Waals surface area contributed by atoms with E-state index >= 15 is 0 Å². The molecule has 2 amide bonds. The molecule has 3 heterocycles. The topological polar surface area (TPSA) is 95.6 Å². The number of ether oxygens (including phenoxy) is 1. The molecule has 1 N–H and O–H groups in total. The molecule has 0 aliphatic carbocycles. The van der Waals surface area contributed by atoms with Crippen LogP contribution in [-0.2, 0) is 4.74 Å². The zero-order chi connectivity index (χ0) is 18.3. The van der Waals surface area contributed by atoms with Gasteiger partial charge < -0.3 is 19.5 Å². The van der Waals surface area contributed by atoms with Gasteiger partial charge >= 0.3 is 6.09 Å². The van der Waals surface area contributed by atoms with Crippen molar-refractivity contribution in [3.05, 3.63) is 40.3 Å². The number of cyclic esters (lactones) is 1. The van der Waals surface area contributed by atoms with E-state index in [1.165, 1.54) is 0 Å². The molecule has 0 radical (unpaired) electrons. The van der Waals surface area contributed by atoms with Gasteiger partial charge in [-0.15, -0.1) is 0 Å². The molecule has 26 heavy (non-hydrogen) atoms. The second kappa shape index (κ2) is 6.44. The number of hydrogen-bond donors (Lipinski definition) is 1. The zero-order valence-corrected chi connectivity index (χ0v) is 14.5. The summed E-state index contributed by atoms with van der Waals surface area (Å²) < 4.78 is 5.18. The van der Waals surface area contributed by atoms with E-state index in [9.17, 15) is 14.4 Å². The number of H-pyrrole nitrogens is 1. The fourth-order valence-corrected chi connectivity index (χ4v) is 3.63. The zero-order valence-electron chi connectivity index (χ0n) is 14.5. The standard InChI is InChI=1S/C18H20N4O4/c1-11-10-22(18(25)26-11)12-6-8-21(9-7-12)17(24)15-16(23)20-14-5-3-2-4-13(14)19-15/h2-5,11-12H,6-10H2,1H3,(H,20,23). The summed E-state index contributed by atoms with van der Waals surface area (Å²) in [4.78, 5) is 47.2. The molecule has 0 spiro atoms. The number of rotatable bonds is 2. The molecule has 1 atom stereocenters. The van der Waals surface area contributed by atoms with Crippen LogP contribution in [0.1, 0.15) is 30.3 Å². The monoisotopic (exact) mass is 356 g/mol. The molecule has 136 valence electrons. The molecule has 2 aromatic rings. The van der Waals surface area contributed by atoms with Crippen molar-refractivity contribution in [3.8, 4) is 0 Å². The summed E-state index contributed by atoms with van der Waals surface area (Å²) in [6.45, 7) is 3.42. The number of carbonyl (C=O) groups is 2. The molecule has 0 bridgehead atoms. The van der Waals surface area contributed by atoms with Crippen molar-refractivity contribution in [1.82, 2.24) is 19.8 Å². The van der Waals surface area contributed by atoms with E-state index in [4.69, 9.17) is 4.74 Å². The lowest BCUT2D eigenvalue weighted by molar-refractivity contribution is 0.0651. The highest BCUT2D eigenvalue weighted by molar-refractivity contribution is 5.93. The molecule has 0 saturated carbocycles. The number of aromatic nitrogens is 2. The average molecular weight is 356 g/mol. The molecule has 2 aliphatic rings. The smallest absolute Gasteiger partial charge is 0.410 e. The van der Waals surface area contributed by atoms with Crippen LogP contribution in [0.5, 0.6) is 0 Å². The van der Waals surface area contributed by atoms with E-state index in [1.807, 2.05) is 13.0 Å². The third-order valence-corrected chi connectivity index (χ3v) is 4.98. The number of fused-ring (bicyclic) bond motifs is 1. The molecule has 8 heteroatoms. The number of carbonyl (C=O) groups excluding carboxylic acids is 2. The normalized spacial score (nSPS) is 21.3. The van der Waals surface area contributed by atoms with E-state index in [2.05, 4.69) is 9.97 Å². The number of benzene rings is 1. The van der Waals surface area contributed by atoms with Crippen LogP contribution < -0.4 is 5.56 Å². The van der Waals surface area contributed by atoms with Gasteiger partial charge in [0.05, 0.1) is 17.6 Å². The molecule has 2 saturated heterocycles. The Labute approximate surface area is 149 Å². The maximum Gasteiger partial charge on any atom is 0.410 e. The number of hydrogen-bond acceptors (Lipinski definition) is 5. The number of nitrogens with one attached hydrogen (secondary N) is 1. The molecule has 1 aromatic carbocycles. The maximum absolute atomic E-state index is 12.7. The van der Waals surface area contributed by atoms with Crippen LogP contribution in [0.2, 0.25) is 0 Å². The third-order valence-electron chi connectivity index (χ3n) is 4.98. The van der Waals surface area contributed by atoms with Gasteiger partial charge in [0.2, 0.25) is 0 Å². The maximum atomic E-state index is 12.7. The second-order valence-corrected chi connectivity index (χ2v) is 6.80. The lowest BCUT2D eigenvalue weighted by atomic mass is 10.0. The van der Waals surface area contributed by atoms with Gasteiger partial charge in [-0.25, -0.2) is 9.78 Å². The fraction of sp³-hybridized carbons (Fsp3) is 0.444. The minimum Gasteiger partial charge on any atom is -0.444 e. The summed E-state index contributed by atoms with van der Waals surface area (Å²) in [5.41, 5.74) is 0.623. The Balaban J connectivity index is 1.48. The molecule has 2 fully saturated rings. The largest absolute Gasteiger partial charge is 0.444 e. The Morgan fingerprint density at radius 3 is 2.65 bits per heavy atom. The highest BCUT2D eigenvalue weighted by Gasteiger charge is 2.36. The summed E-state index contributed by atoms with van der Waals surface area (Å²) >= 11 is 0. The molecule has 1 aromatic heterocycles. The van der Waals surface area contributed by atoms with Crippen molar-refractivity contribution >= 4 is 23.0 Å². The fourth-order valence-electron chi connectivity index (χ4n) is 3.63. The minimum atomic E-state index is -0.479. The molecule has 4 rings (SSSR count). The number of amides is 2. The predicted octanol–water partition coefficient (Wildman–Crippen LogP) is 1.37. The van der Waals surface area contributed by atoms with Crippen LogP contribution in [0, 0.1) is 0 Å². The first-order chi connectivity index (χ1) is 12.5. The Kier molecular flexibility index (Phi) is 4.10. The second-order valence-electron chi connectivity index (χ2n) is 6.80. The quantitative estimate of drug-likeness (QED) is 0.877. The molecular formula is C18H20N4O4. The number of nitrogens with zero attached hydrogens (tertiary/aromatic N) is 3. The van der Waals surface area contributed by atoms with Gasteiger partial charge in [-0.2, -0.15) is 0 Å². The van der Waals surface area contributed by atoms with Gasteiger partial charge in [-0.1, -0.05) is 12.1 Å². The summed E-state index contributed by atoms with van der Waals surface area (Å²) in [6, 6.07) is 7.19. The lowest BCUT2D eigenvalue weighted by Gasteiger charge is -2.35. The minimum absolute atomic E-state index is 0.0688. The van der Waals surface area contributed by atoms with Gasteiger partial charge in [-0.05, 0) is 31.9 Å². The lowest BCUT2D eigenvalue weighted by Crippen LogP contribution is -2.48. The Hall–Kier alpha value is -2.90. The van der Waals surface area contributed by atoms with Crippen LogP contribution in [0.25, 0.3) is 11.0 Å². The highest BCUT2D eigenvalue weighted by Crippen LogP contribution is 2.23. The molecule has 2 aliphatic heterocycles. The first-order valence-electron chi connectivity index (χ1n) is 8.78. The number of aromatic amines is 1. The van der Waals surface area contributed by atoms with E-state index in [-0.39, 0.29) is 29.8 Å². The predicted molar refractivity (Wildman–Crippen MR) is 93.9 cm³/mol. The third kappa shape index (κ3) is 2.91. The number of piperidine rings is 1. The Morgan fingerprint density at radius 2 is 1.96 bits per heavy atom.